The van der Waals surface area contributed by atoms with Crippen LogP contribution in [0.2, 0.25) is 0 Å². The molecule has 5 heterocycles. The molecule has 84 heavy (non-hydrogen) atoms. The zero-order valence-corrected chi connectivity index (χ0v) is 50.3. The summed E-state index contributed by atoms with van der Waals surface area (Å²) in [4.78, 5) is 60.7. The van der Waals surface area contributed by atoms with Crippen molar-refractivity contribution in [3.05, 3.63) is 107 Å². The van der Waals surface area contributed by atoms with Crippen LogP contribution < -0.4 is 31.3 Å². The number of H-pyrrole nitrogens is 1. The molecule has 6 aromatic rings. The van der Waals surface area contributed by atoms with E-state index in [1.165, 1.54) is 11.1 Å². The Hall–Kier alpha value is -7.13. The molecule has 1 saturated carbocycles. The molecule has 1 aliphatic carbocycles. The minimum Gasteiger partial charge on any atom is -0.493 e. The highest BCUT2D eigenvalue weighted by molar-refractivity contribution is 7.13. The number of aromatic nitrogens is 4. The number of nitrogens with one attached hydrogen (secondary N) is 6. The van der Waals surface area contributed by atoms with Crippen molar-refractivity contribution >= 4 is 63.6 Å². The van der Waals surface area contributed by atoms with Crippen LogP contribution in [0.25, 0.3) is 32.5 Å². The van der Waals surface area contributed by atoms with Crippen molar-refractivity contribution in [3.8, 4) is 27.4 Å². The van der Waals surface area contributed by atoms with Gasteiger partial charge >= 0.3 is 0 Å². The lowest BCUT2D eigenvalue weighted by Gasteiger charge is -2.32. The number of aliphatic hydroxyl groups excluding tert-OH is 1. The molecular formula is C64H83FN12O6S. The molecule has 20 heteroatoms. The van der Waals surface area contributed by atoms with Crippen LogP contribution in [0.15, 0.2) is 94.6 Å². The largest absolute Gasteiger partial charge is 0.493 e. The van der Waals surface area contributed by atoms with Gasteiger partial charge in [-0.05, 0) is 104 Å². The SMILES string of the molecule is Cc1ncsc1-c1ccc(CNC(=O)C2C[C@@H](O)CN2C(=O)C(C=NC(=O)C2(F)CC2)C(C)(C)C)c(OCCCCCCCCNc2ccc3c(-c4ccccc4CNC/N=C(\Nc4[nH]ncc4C(C)C)O[C@@H]4CCCNC4)nccc3c2)c1. The number of hydrogen-bond acceptors (Lipinski definition) is 14. The number of hydrogen-bond donors (Lipinski definition) is 7. The number of halogens is 1. The fourth-order valence-corrected chi connectivity index (χ4v) is 11.6. The summed E-state index contributed by atoms with van der Waals surface area (Å²) in [6.07, 6.45) is 12.6. The fraction of sp³-hybridized carbons (Fsp3) is 0.500. The number of ether oxygens (including phenoxy) is 2. The Morgan fingerprint density at radius 3 is 2.56 bits per heavy atom. The summed E-state index contributed by atoms with van der Waals surface area (Å²) in [5.41, 5.74) is 7.12. The number of aryl methyl sites for hydroxylation is 1. The zero-order valence-electron chi connectivity index (χ0n) is 49.4. The Morgan fingerprint density at radius 2 is 1.80 bits per heavy atom. The number of aliphatic hydroxyl groups is 1. The quantitative estimate of drug-likeness (QED) is 0.0152. The van der Waals surface area contributed by atoms with Crippen LogP contribution in [-0.4, -0.2) is 124 Å². The summed E-state index contributed by atoms with van der Waals surface area (Å²) in [6, 6.07) is 22.4. The number of thiazole rings is 1. The van der Waals surface area contributed by atoms with E-state index in [4.69, 9.17) is 19.5 Å². The van der Waals surface area contributed by atoms with Gasteiger partial charge in [0.15, 0.2) is 5.67 Å². The van der Waals surface area contributed by atoms with Gasteiger partial charge in [0.2, 0.25) is 11.8 Å². The van der Waals surface area contributed by atoms with E-state index in [1.54, 1.807) is 11.3 Å². The number of likely N-dealkylation sites (tertiary alicyclic amines) is 1. The van der Waals surface area contributed by atoms with Crippen LogP contribution in [0.5, 0.6) is 5.75 Å². The van der Waals surface area contributed by atoms with E-state index >= 15 is 0 Å². The topological polar surface area (TPSA) is 232 Å². The molecular weight excluding hydrogens is 1080 g/mol. The van der Waals surface area contributed by atoms with Crippen molar-refractivity contribution in [2.24, 2.45) is 21.3 Å². The summed E-state index contributed by atoms with van der Waals surface area (Å²) >= 11 is 1.56. The number of alkyl halides is 1. The molecule has 7 N–H and O–H groups in total. The number of nitrogens with zero attached hydrogens (tertiary/aromatic N) is 6. The average molecular weight is 1170 g/mol. The van der Waals surface area contributed by atoms with E-state index in [0.717, 1.165) is 137 Å². The molecule has 2 unspecified atom stereocenters. The highest BCUT2D eigenvalue weighted by Gasteiger charge is 2.51. The zero-order chi connectivity index (χ0) is 59.2. The number of rotatable bonds is 26. The number of carbonyl (C=O) groups is 3. The third-order valence-corrected chi connectivity index (χ3v) is 16.9. The molecule has 0 spiro atoms. The van der Waals surface area contributed by atoms with Gasteiger partial charge in [-0.25, -0.2) is 19.4 Å². The van der Waals surface area contributed by atoms with Gasteiger partial charge in [-0.3, -0.25) is 35.1 Å². The standard InChI is InChI=1S/C64H83FN12O6S/c1-41(2)52-36-74-76-58(52)75-62(83-49-17-15-26-66-35-49)72-39-67-33-45-16-11-12-18-50(45)56-51-22-21-47(30-43(51)23-28-69-56)68-27-13-9-7-8-10-14-29-82-55-31-44(57-42(3)73-40-84-57)19-20-46(55)34-70-59(79)54-32-48(78)38-77(54)60(80)53(63(4,5)6)37-71-61(81)64(65)24-25-64/h11-12,16,18-23,28,30-31,36-37,40-41,48-49,53-54,66-68,78H,7-10,13-15,17,24-27,29,32-35,38-39H2,1-6H3,(H,70,79)(H2,72,74,75,76)/t48-,49-,53?,54?/m1/s1. The predicted octanol–water partition coefficient (Wildman–Crippen LogP) is 10.6. The monoisotopic (exact) mass is 1170 g/mol. The number of benzene rings is 3. The highest BCUT2D eigenvalue weighted by Crippen LogP contribution is 2.41. The highest BCUT2D eigenvalue weighted by atomic mass is 32.1. The summed E-state index contributed by atoms with van der Waals surface area (Å²) in [5.74, 6) is -0.935. The molecule has 0 radical (unpaired) electrons. The van der Waals surface area contributed by atoms with Crippen molar-refractivity contribution in [2.45, 2.75) is 155 Å². The average Bonchev–Trinajstić information content (AvgIpc) is 2.87. The summed E-state index contributed by atoms with van der Waals surface area (Å²) in [6.45, 7) is 15.9. The van der Waals surface area contributed by atoms with E-state index in [2.05, 4.69) is 109 Å². The molecule has 2 saturated heterocycles. The smallest absolute Gasteiger partial charge is 0.292 e. The van der Waals surface area contributed by atoms with Gasteiger partial charge in [-0.2, -0.15) is 5.10 Å². The van der Waals surface area contributed by atoms with Gasteiger partial charge < -0.3 is 35.4 Å². The van der Waals surface area contributed by atoms with Gasteiger partial charge in [0.1, 0.15) is 23.7 Å². The Bertz CT molecular complexity index is 3250. The number of aromatic amines is 1. The van der Waals surface area contributed by atoms with Gasteiger partial charge in [0.25, 0.3) is 11.9 Å². The number of anilines is 2. The van der Waals surface area contributed by atoms with Crippen molar-refractivity contribution < 1.29 is 33.4 Å². The molecule has 3 aromatic carbocycles. The van der Waals surface area contributed by atoms with E-state index in [9.17, 15) is 23.9 Å². The second kappa shape index (κ2) is 28.6. The lowest BCUT2D eigenvalue weighted by molar-refractivity contribution is -0.142. The number of amides is 3. The van der Waals surface area contributed by atoms with Gasteiger partial charge in [-0.1, -0.05) is 103 Å². The lowest BCUT2D eigenvalue weighted by Crippen LogP contribution is -2.50. The van der Waals surface area contributed by atoms with Crippen molar-refractivity contribution in [2.75, 3.05) is 50.1 Å². The van der Waals surface area contributed by atoms with Crippen LogP contribution >= 0.6 is 11.3 Å². The first-order valence-electron chi connectivity index (χ1n) is 29.9. The van der Waals surface area contributed by atoms with E-state index < -0.39 is 46.9 Å². The van der Waals surface area contributed by atoms with E-state index in [-0.39, 0.29) is 44.4 Å². The molecule has 3 fully saturated rings. The summed E-state index contributed by atoms with van der Waals surface area (Å²) in [7, 11) is 0. The number of fused-ring (bicyclic) bond motifs is 1. The third kappa shape index (κ3) is 16.2. The molecule has 4 atom stereocenters. The molecule has 3 amide bonds. The molecule has 0 bridgehead atoms. The van der Waals surface area contributed by atoms with Gasteiger partial charge in [0, 0.05) is 79.3 Å². The van der Waals surface area contributed by atoms with Crippen LogP contribution in [0.1, 0.15) is 134 Å². The van der Waals surface area contributed by atoms with Crippen LogP contribution in [0.3, 0.4) is 0 Å². The molecule has 2 aliphatic heterocycles. The maximum Gasteiger partial charge on any atom is 0.292 e. The predicted molar refractivity (Wildman–Crippen MR) is 331 cm³/mol. The van der Waals surface area contributed by atoms with Crippen molar-refractivity contribution in [3.63, 3.8) is 0 Å². The van der Waals surface area contributed by atoms with Crippen molar-refractivity contribution in [1.29, 1.82) is 0 Å². The maximum absolute atomic E-state index is 14.4. The molecule has 3 aromatic heterocycles. The van der Waals surface area contributed by atoms with E-state index in [1.807, 2.05) is 63.8 Å². The molecule has 9 rings (SSSR count). The fourth-order valence-electron chi connectivity index (χ4n) is 10.8. The van der Waals surface area contributed by atoms with E-state index in [0.29, 0.717) is 31.6 Å². The summed E-state index contributed by atoms with van der Waals surface area (Å²) < 4.78 is 27.3. The minimum absolute atomic E-state index is 0.0348. The number of amidine groups is 1. The Kier molecular flexibility index (Phi) is 20.9. The maximum atomic E-state index is 14.4. The van der Waals surface area contributed by atoms with Crippen LogP contribution in [-0.2, 0) is 32.2 Å². The first kappa shape index (κ1) is 61.4. The minimum atomic E-state index is -1.95. The number of piperidine rings is 1. The van der Waals surface area contributed by atoms with Crippen molar-refractivity contribution in [1.82, 2.24) is 41.0 Å². The Labute approximate surface area is 496 Å². The number of aliphatic imine (C=N–C) groups is 2. The number of pyridine rings is 1. The number of unbranched alkanes of at least 4 members (excludes halogenated alkanes) is 5. The number of β-amino-alcohol motifs (C(OH)–C–C–N with tert-alkyl or cyclic N) is 1. The second-order valence-electron chi connectivity index (χ2n) is 23.9. The Morgan fingerprint density at radius 1 is 0.988 bits per heavy atom. The molecule has 18 nitrogen and oxygen atoms in total. The first-order chi connectivity index (χ1) is 40.5. The number of carbonyl (C=O) groups excluding carboxylic acids is 3. The van der Waals surface area contributed by atoms with Gasteiger partial charge in [0.05, 0.1) is 53.3 Å². The lowest BCUT2D eigenvalue weighted by atomic mass is 9.80. The molecule has 3 aliphatic rings. The second-order valence-corrected chi connectivity index (χ2v) is 24.7. The Balaban J connectivity index is 0.726. The first-order valence-corrected chi connectivity index (χ1v) is 30.8. The van der Waals surface area contributed by atoms with Crippen LogP contribution in [0, 0.1) is 18.3 Å². The molecule has 448 valence electrons. The summed E-state index contributed by atoms with van der Waals surface area (Å²) in [5, 5.41) is 37.2. The van der Waals surface area contributed by atoms with Gasteiger partial charge in [-0.15, -0.1) is 11.3 Å². The van der Waals surface area contributed by atoms with Crippen LogP contribution in [0.4, 0.5) is 15.9 Å². The third-order valence-electron chi connectivity index (χ3n) is 15.9. The normalized spacial score (nSPS) is 18.3.